The number of piperidine rings is 1. The maximum Gasteiger partial charge on any atom is 0.354 e. The number of aromatic nitrogens is 2. The van der Waals surface area contributed by atoms with Crippen LogP contribution in [0.1, 0.15) is 33.7 Å². The minimum absolute atomic E-state index is 0.185. The number of benzene rings is 1. The van der Waals surface area contributed by atoms with Crippen molar-refractivity contribution in [3.63, 3.8) is 0 Å². The molecule has 2 N–H and O–H groups in total. The van der Waals surface area contributed by atoms with Gasteiger partial charge in [0.15, 0.2) is 5.13 Å². The van der Waals surface area contributed by atoms with E-state index in [1.807, 2.05) is 0 Å². The highest BCUT2D eigenvalue weighted by molar-refractivity contribution is 7.14. The van der Waals surface area contributed by atoms with E-state index >= 15 is 0 Å². The molecule has 0 spiro atoms. The van der Waals surface area contributed by atoms with Gasteiger partial charge >= 0.3 is 5.97 Å². The molecule has 0 saturated carbocycles. The van der Waals surface area contributed by atoms with Crippen molar-refractivity contribution >= 4 is 34.3 Å². The lowest BCUT2D eigenvalue weighted by atomic mass is 9.95. The summed E-state index contributed by atoms with van der Waals surface area (Å²) in [6, 6.07) is 4.47. The third kappa shape index (κ3) is 4.92. The third-order valence-corrected chi connectivity index (χ3v) is 6.19. The molecule has 8 nitrogen and oxygen atoms in total. The van der Waals surface area contributed by atoms with Crippen LogP contribution in [0.15, 0.2) is 35.8 Å². The number of thiazole rings is 1. The molecule has 1 aliphatic rings. The van der Waals surface area contributed by atoms with Gasteiger partial charge in [-0.05, 0) is 31.0 Å². The molecule has 2 aromatic heterocycles. The number of H-pyrrole nitrogens is 1. The molecule has 0 unspecified atom stereocenters. The molecule has 0 atom stereocenters. The van der Waals surface area contributed by atoms with Gasteiger partial charge in [-0.2, -0.15) is 0 Å². The van der Waals surface area contributed by atoms with Gasteiger partial charge in [0.25, 0.3) is 5.91 Å². The number of hydrogen-bond acceptors (Lipinski definition) is 6. The average molecular weight is 474 g/mol. The summed E-state index contributed by atoms with van der Waals surface area (Å²) < 4.78 is 31.7. The molecule has 0 bridgehead atoms. The summed E-state index contributed by atoms with van der Waals surface area (Å²) in [6.07, 6.45) is 2.46. The second-order valence-corrected chi connectivity index (χ2v) is 8.37. The van der Waals surface area contributed by atoms with Gasteiger partial charge in [0, 0.05) is 42.2 Å². The number of halogens is 2. The number of carbonyl (C=O) groups is 3. The molecule has 1 aromatic carbocycles. The van der Waals surface area contributed by atoms with Crippen LogP contribution in [0.3, 0.4) is 0 Å². The molecule has 1 fully saturated rings. The first kappa shape index (κ1) is 22.6. The van der Waals surface area contributed by atoms with Crippen LogP contribution in [0.2, 0.25) is 0 Å². The fraction of sp³-hybridized carbons (Fsp3) is 0.273. The van der Waals surface area contributed by atoms with E-state index in [2.05, 4.69) is 20.0 Å². The van der Waals surface area contributed by atoms with E-state index in [4.69, 9.17) is 0 Å². The smallest absolute Gasteiger partial charge is 0.354 e. The van der Waals surface area contributed by atoms with Crippen LogP contribution in [0.25, 0.3) is 11.3 Å². The Bertz CT molecular complexity index is 1200. The van der Waals surface area contributed by atoms with E-state index in [0.717, 1.165) is 12.1 Å². The zero-order valence-electron chi connectivity index (χ0n) is 17.6. The van der Waals surface area contributed by atoms with Crippen molar-refractivity contribution in [2.24, 2.45) is 5.92 Å². The highest BCUT2D eigenvalue weighted by Gasteiger charge is 2.29. The third-order valence-electron chi connectivity index (χ3n) is 5.43. The van der Waals surface area contributed by atoms with Crippen LogP contribution >= 0.6 is 11.3 Å². The molecule has 33 heavy (non-hydrogen) atoms. The number of aromatic amines is 1. The van der Waals surface area contributed by atoms with E-state index in [0.29, 0.717) is 41.0 Å². The summed E-state index contributed by atoms with van der Waals surface area (Å²) in [5.74, 6) is -3.19. The van der Waals surface area contributed by atoms with Gasteiger partial charge in [0.1, 0.15) is 17.3 Å². The van der Waals surface area contributed by atoms with Crippen molar-refractivity contribution in [2.75, 3.05) is 25.5 Å². The predicted octanol–water partition coefficient (Wildman–Crippen LogP) is 3.69. The molecule has 1 saturated heterocycles. The number of hydrogen-bond donors (Lipinski definition) is 2. The largest absolute Gasteiger partial charge is 0.464 e. The zero-order valence-corrected chi connectivity index (χ0v) is 18.4. The number of nitrogens with one attached hydrogen (secondary N) is 2. The molecule has 0 radical (unpaired) electrons. The monoisotopic (exact) mass is 474 g/mol. The Morgan fingerprint density at radius 3 is 2.67 bits per heavy atom. The van der Waals surface area contributed by atoms with Crippen molar-refractivity contribution in [1.82, 2.24) is 14.9 Å². The van der Waals surface area contributed by atoms with Crippen LogP contribution in [-0.2, 0) is 9.53 Å². The van der Waals surface area contributed by atoms with Gasteiger partial charge in [-0.1, -0.05) is 0 Å². The first-order valence-corrected chi connectivity index (χ1v) is 11.0. The van der Waals surface area contributed by atoms with Crippen molar-refractivity contribution < 1.29 is 27.9 Å². The van der Waals surface area contributed by atoms with Crippen LogP contribution in [0, 0.1) is 17.6 Å². The minimum Gasteiger partial charge on any atom is -0.464 e. The Morgan fingerprint density at radius 1 is 1.21 bits per heavy atom. The lowest BCUT2D eigenvalue weighted by Crippen LogP contribution is -2.41. The topological polar surface area (TPSA) is 104 Å². The molecule has 4 rings (SSSR count). The maximum absolute atomic E-state index is 13.9. The summed E-state index contributed by atoms with van der Waals surface area (Å²) in [6.45, 7) is 0.576. The van der Waals surface area contributed by atoms with Gasteiger partial charge in [0.2, 0.25) is 5.91 Å². The standard InChI is InChI=1S/C22H20F2N4O4S/c1-32-21(31)17-8-13(10-25-17)18-11-33-22(26-18)27-19(29)12-4-6-28(7-5-12)20(30)15-3-2-14(23)9-16(15)24/h2-3,8-12,25H,4-7H2,1H3,(H,26,27,29). The fourth-order valence-electron chi connectivity index (χ4n) is 3.62. The molecular formula is C22H20F2N4O4S. The van der Waals surface area contributed by atoms with E-state index in [1.54, 1.807) is 17.6 Å². The van der Waals surface area contributed by atoms with Crippen molar-refractivity contribution in [1.29, 1.82) is 0 Å². The zero-order chi connectivity index (χ0) is 23.5. The van der Waals surface area contributed by atoms with Crippen LogP contribution in [0.5, 0.6) is 0 Å². The van der Waals surface area contributed by atoms with Gasteiger partial charge in [0.05, 0.1) is 18.4 Å². The summed E-state index contributed by atoms with van der Waals surface area (Å²) in [7, 11) is 1.29. The number of amides is 2. The number of esters is 1. The number of rotatable bonds is 5. The SMILES string of the molecule is COC(=O)c1cc(-c2csc(NC(=O)C3CCN(C(=O)c4ccc(F)cc4F)CC3)n2)c[nH]1. The first-order chi connectivity index (χ1) is 15.9. The van der Waals surface area contributed by atoms with Gasteiger partial charge in [-0.3, -0.25) is 9.59 Å². The Morgan fingerprint density at radius 2 is 1.97 bits per heavy atom. The summed E-state index contributed by atoms with van der Waals surface area (Å²) in [4.78, 5) is 45.4. The number of methoxy groups -OCH3 is 1. The van der Waals surface area contributed by atoms with E-state index in [9.17, 15) is 23.2 Å². The van der Waals surface area contributed by atoms with E-state index in [1.165, 1.54) is 23.3 Å². The number of anilines is 1. The number of ether oxygens (including phenoxy) is 1. The maximum atomic E-state index is 13.9. The summed E-state index contributed by atoms with van der Waals surface area (Å²) in [5, 5.41) is 4.98. The summed E-state index contributed by atoms with van der Waals surface area (Å²) >= 11 is 1.26. The lowest BCUT2D eigenvalue weighted by Gasteiger charge is -2.31. The lowest BCUT2D eigenvalue weighted by molar-refractivity contribution is -0.121. The molecule has 3 heterocycles. The van der Waals surface area contributed by atoms with Crippen molar-refractivity contribution in [3.8, 4) is 11.3 Å². The molecule has 3 aromatic rings. The second-order valence-electron chi connectivity index (χ2n) is 7.51. The normalized spacial score (nSPS) is 14.2. The van der Waals surface area contributed by atoms with Gasteiger partial charge in [-0.15, -0.1) is 11.3 Å². The summed E-state index contributed by atoms with van der Waals surface area (Å²) in [5.41, 5.74) is 1.40. The van der Waals surface area contributed by atoms with Crippen molar-refractivity contribution in [3.05, 3.63) is 58.7 Å². The Labute approximate surface area is 191 Å². The number of carbonyl (C=O) groups excluding carboxylic acids is 3. The van der Waals surface area contributed by atoms with E-state index in [-0.39, 0.29) is 30.5 Å². The van der Waals surface area contributed by atoms with E-state index < -0.39 is 23.5 Å². The molecule has 172 valence electrons. The second kappa shape index (κ2) is 9.49. The Balaban J connectivity index is 1.33. The molecule has 1 aliphatic heterocycles. The van der Waals surface area contributed by atoms with Crippen molar-refractivity contribution in [2.45, 2.75) is 12.8 Å². The highest BCUT2D eigenvalue weighted by Crippen LogP contribution is 2.27. The minimum atomic E-state index is -0.902. The first-order valence-electron chi connectivity index (χ1n) is 10.1. The Hall–Kier alpha value is -3.60. The van der Waals surface area contributed by atoms with Crippen LogP contribution in [-0.4, -0.2) is 52.9 Å². The van der Waals surface area contributed by atoms with Crippen LogP contribution < -0.4 is 5.32 Å². The quantitative estimate of drug-likeness (QED) is 0.549. The molecule has 11 heteroatoms. The number of nitrogens with zero attached hydrogens (tertiary/aromatic N) is 2. The average Bonchev–Trinajstić information content (AvgIpc) is 3.48. The highest BCUT2D eigenvalue weighted by atomic mass is 32.1. The van der Waals surface area contributed by atoms with Gasteiger partial charge < -0.3 is 19.9 Å². The van der Waals surface area contributed by atoms with Crippen LogP contribution in [0.4, 0.5) is 13.9 Å². The molecule has 2 amide bonds. The number of likely N-dealkylation sites (tertiary alicyclic amines) is 1. The Kier molecular flexibility index (Phi) is 6.50. The van der Waals surface area contributed by atoms with Gasteiger partial charge in [-0.25, -0.2) is 18.6 Å². The predicted molar refractivity (Wildman–Crippen MR) is 117 cm³/mol. The fourth-order valence-corrected chi connectivity index (χ4v) is 4.34. The molecular weight excluding hydrogens is 454 g/mol. The molecule has 0 aliphatic carbocycles.